The predicted molar refractivity (Wildman–Crippen MR) is 80.8 cm³/mol. The van der Waals surface area contributed by atoms with E-state index in [0.717, 1.165) is 5.56 Å². The molecular formula is C16H10ClN2O2-. The molecule has 0 fully saturated rings. The van der Waals surface area contributed by atoms with Gasteiger partial charge in [0.15, 0.2) is 0 Å². The van der Waals surface area contributed by atoms with Crippen molar-refractivity contribution in [3.05, 3.63) is 64.4 Å². The normalized spacial score (nSPS) is 11.3. The molecule has 1 aromatic heterocycles. The van der Waals surface area contributed by atoms with E-state index in [2.05, 4.69) is 9.97 Å². The van der Waals surface area contributed by atoms with Crippen LogP contribution in [-0.2, 0) is 0 Å². The van der Waals surface area contributed by atoms with Gasteiger partial charge in [0, 0.05) is 10.6 Å². The number of fused-ring (bicyclic) bond motifs is 1. The number of H-pyrrole nitrogens is 1. The van der Waals surface area contributed by atoms with Gasteiger partial charge in [0.25, 0.3) is 0 Å². The topological polar surface area (TPSA) is 68.8 Å². The van der Waals surface area contributed by atoms with E-state index in [1.54, 1.807) is 30.3 Å². The number of hydrogen-bond donors (Lipinski definition) is 1. The number of imidazole rings is 1. The third-order valence-corrected chi connectivity index (χ3v) is 3.31. The van der Waals surface area contributed by atoms with Gasteiger partial charge in [-0.2, -0.15) is 0 Å². The lowest BCUT2D eigenvalue weighted by atomic mass is 10.2. The number of para-hydroxylation sites is 1. The van der Waals surface area contributed by atoms with Crippen LogP contribution in [0.4, 0.5) is 0 Å². The monoisotopic (exact) mass is 297 g/mol. The van der Waals surface area contributed by atoms with E-state index >= 15 is 0 Å². The van der Waals surface area contributed by atoms with Crippen LogP contribution in [-0.4, -0.2) is 15.9 Å². The standard InChI is InChI=1S/C16H11ClN2O2/c17-11-7-4-10(5-8-11)6-9-14-18-13-3-1-2-12(16(20)21)15(13)19-14/h1-9H,(H,18,19)(H,20,21)/p-1/b9-6+. The summed E-state index contributed by atoms with van der Waals surface area (Å²) in [7, 11) is 0. The molecule has 0 bridgehead atoms. The molecule has 0 saturated heterocycles. The first-order valence-electron chi connectivity index (χ1n) is 6.27. The zero-order valence-corrected chi connectivity index (χ0v) is 11.6. The smallest absolute Gasteiger partial charge is 0.131 e. The number of aromatic amines is 1. The summed E-state index contributed by atoms with van der Waals surface area (Å²) in [5.74, 6) is -0.658. The molecule has 21 heavy (non-hydrogen) atoms. The summed E-state index contributed by atoms with van der Waals surface area (Å²) in [6, 6.07) is 12.3. The molecule has 2 aromatic carbocycles. The number of nitrogens with zero attached hydrogens (tertiary/aromatic N) is 1. The molecule has 0 unspecified atom stereocenters. The van der Waals surface area contributed by atoms with Gasteiger partial charge in [-0.3, -0.25) is 0 Å². The molecule has 0 spiro atoms. The second kappa shape index (κ2) is 5.42. The molecule has 104 valence electrons. The molecule has 3 aromatic rings. The highest BCUT2D eigenvalue weighted by Crippen LogP contribution is 2.17. The highest BCUT2D eigenvalue weighted by atomic mass is 35.5. The van der Waals surface area contributed by atoms with E-state index in [4.69, 9.17) is 11.6 Å². The van der Waals surface area contributed by atoms with Crippen molar-refractivity contribution in [2.45, 2.75) is 0 Å². The minimum atomic E-state index is -1.24. The number of benzene rings is 2. The number of carboxylic acid groups (broad SMARTS) is 1. The van der Waals surface area contributed by atoms with Crippen LogP contribution in [0, 0.1) is 0 Å². The Morgan fingerprint density at radius 2 is 1.90 bits per heavy atom. The van der Waals surface area contributed by atoms with Crippen LogP contribution < -0.4 is 5.11 Å². The zero-order chi connectivity index (χ0) is 14.8. The van der Waals surface area contributed by atoms with E-state index in [1.165, 1.54) is 6.07 Å². The van der Waals surface area contributed by atoms with Crippen LogP contribution in [0.5, 0.6) is 0 Å². The summed E-state index contributed by atoms with van der Waals surface area (Å²) in [4.78, 5) is 18.4. The lowest BCUT2D eigenvalue weighted by molar-refractivity contribution is -0.254. The number of carboxylic acids is 1. The molecule has 5 heteroatoms. The largest absolute Gasteiger partial charge is 0.545 e. The molecule has 0 saturated carbocycles. The van der Waals surface area contributed by atoms with Crippen molar-refractivity contribution in [3.8, 4) is 0 Å². The summed E-state index contributed by atoms with van der Waals surface area (Å²) in [5, 5.41) is 11.7. The number of aromatic nitrogens is 2. The van der Waals surface area contributed by atoms with Crippen molar-refractivity contribution in [1.29, 1.82) is 0 Å². The Labute approximate surface area is 125 Å². The number of carbonyl (C=O) groups is 1. The first-order valence-corrected chi connectivity index (χ1v) is 6.65. The number of nitrogens with one attached hydrogen (secondary N) is 1. The lowest BCUT2D eigenvalue weighted by Crippen LogP contribution is -2.22. The summed E-state index contributed by atoms with van der Waals surface area (Å²) < 4.78 is 0. The molecule has 1 heterocycles. The van der Waals surface area contributed by atoms with Gasteiger partial charge in [0.2, 0.25) is 0 Å². The minimum Gasteiger partial charge on any atom is -0.545 e. The maximum absolute atomic E-state index is 11.0. The first kappa shape index (κ1) is 13.4. The van der Waals surface area contributed by atoms with E-state index in [0.29, 0.717) is 21.9 Å². The van der Waals surface area contributed by atoms with E-state index < -0.39 is 5.97 Å². The Bertz CT molecular complexity index is 835. The number of hydrogen-bond acceptors (Lipinski definition) is 3. The average molecular weight is 298 g/mol. The number of rotatable bonds is 3. The molecular weight excluding hydrogens is 288 g/mol. The molecule has 3 rings (SSSR count). The zero-order valence-electron chi connectivity index (χ0n) is 10.8. The van der Waals surface area contributed by atoms with Crippen molar-refractivity contribution < 1.29 is 9.90 Å². The Hall–Kier alpha value is -2.59. The van der Waals surface area contributed by atoms with Gasteiger partial charge >= 0.3 is 0 Å². The molecule has 0 aliphatic rings. The van der Waals surface area contributed by atoms with Crippen LogP contribution in [0.3, 0.4) is 0 Å². The first-order chi connectivity index (χ1) is 10.1. The quantitative estimate of drug-likeness (QED) is 0.808. The Morgan fingerprint density at radius 1 is 1.14 bits per heavy atom. The van der Waals surface area contributed by atoms with Crippen LogP contribution >= 0.6 is 11.6 Å². The van der Waals surface area contributed by atoms with Crippen LogP contribution in [0.1, 0.15) is 21.7 Å². The fraction of sp³-hybridized carbons (Fsp3) is 0. The Morgan fingerprint density at radius 3 is 2.62 bits per heavy atom. The maximum atomic E-state index is 11.0. The minimum absolute atomic E-state index is 0.0786. The second-order valence-electron chi connectivity index (χ2n) is 4.50. The van der Waals surface area contributed by atoms with Crippen LogP contribution in [0.15, 0.2) is 42.5 Å². The fourth-order valence-corrected chi connectivity index (χ4v) is 2.17. The third-order valence-electron chi connectivity index (χ3n) is 3.05. The van der Waals surface area contributed by atoms with Crippen molar-refractivity contribution in [3.63, 3.8) is 0 Å². The van der Waals surface area contributed by atoms with Crippen molar-refractivity contribution in [1.82, 2.24) is 9.97 Å². The second-order valence-corrected chi connectivity index (χ2v) is 4.93. The van der Waals surface area contributed by atoms with Gasteiger partial charge in [-0.15, -0.1) is 0 Å². The van der Waals surface area contributed by atoms with E-state index in [9.17, 15) is 9.90 Å². The molecule has 4 nitrogen and oxygen atoms in total. The highest BCUT2D eigenvalue weighted by molar-refractivity contribution is 6.30. The molecule has 0 amide bonds. The number of halogens is 1. The molecule has 0 radical (unpaired) electrons. The molecule has 0 aliphatic carbocycles. The van der Waals surface area contributed by atoms with Gasteiger partial charge in [-0.05, 0) is 29.8 Å². The van der Waals surface area contributed by atoms with Gasteiger partial charge in [-0.25, -0.2) is 4.98 Å². The average Bonchev–Trinajstić information content (AvgIpc) is 2.89. The van der Waals surface area contributed by atoms with Crippen molar-refractivity contribution in [2.75, 3.05) is 0 Å². The van der Waals surface area contributed by atoms with Gasteiger partial charge in [-0.1, -0.05) is 41.9 Å². The van der Waals surface area contributed by atoms with Crippen LogP contribution in [0.25, 0.3) is 23.2 Å². The number of aromatic carboxylic acids is 1. The van der Waals surface area contributed by atoms with Gasteiger partial charge in [0.1, 0.15) is 5.82 Å². The molecule has 0 atom stereocenters. The van der Waals surface area contributed by atoms with Crippen molar-refractivity contribution in [2.24, 2.45) is 0 Å². The molecule has 1 N–H and O–H groups in total. The van der Waals surface area contributed by atoms with E-state index in [-0.39, 0.29) is 5.56 Å². The maximum Gasteiger partial charge on any atom is 0.131 e. The third kappa shape index (κ3) is 2.80. The summed E-state index contributed by atoms with van der Waals surface area (Å²) in [6.45, 7) is 0. The van der Waals surface area contributed by atoms with Crippen molar-refractivity contribution >= 4 is 40.8 Å². The fourth-order valence-electron chi connectivity index (χ4n) is 2.04. The predicted octanol–water partition coefficient (Wildman–Crippen LogP) is 2.75. The summed E-state index contributed by atoms with van der Waals surface area (Å²) >= 11 is 5.83. The van der Waals surface area contributed by atoms with Gasteiger partial charge in [0.05, 0.1) is 17.0 Å². The highest BCUT2D eigenvalue weighted by Gasteiger charge is 2.06. The SMILES string of the molecule is O=C([O-])c1cccc2[nH]c(/C=C/c3ccc(Cl)cc3)nc12. The summed E-state index contributed by atoms with van der Waals surface area (Å²) in [6.07, 6.45) is 3.65. The number of carbonyl (C=O) groups excluding carboxylic acids is 1. The van der Waals surface area contributed by atoms with Crippen LogP contribution in [0.2, 0.25) is 5.02 Å². The Balaban J connectivity index is 1.96. The Kier molecular flexibility index (Phi) is 3.46. The lowest BCUT2D eigenvalue weighted by Gasteiger charge is -2.01. The van der Waals surface area contributed by atoms with Gasteiger partial charge < -0.3 is 14.9 Å². The molecule has 0 aliphatic heterocycles. The van der Waals surface area contributed by atoms with E-state index in [1.807, 2.05) is 18.2 Å². The summed E-state index contributed by atoms with van der Waals surface area (Å²) in [5.41, 5.74) is 2.11.